The summed E-state index contributed by atoms with van der Waals surface area (Å²) in [5, 5.41) is 13.6. The number of hydrogen-bond donors (Lipinski definition) is 2. The minimum atomic E-state index is -1.05. The molecule has 1 aromatic heterocycles. The van der Waals surface area contributed by atoms with E-state index in [2.05, 4.69) is 5.32 Å². The van der Waals surface area contributed by atoms with Crippen molar-refractivity contribution in [1.29, 1.82) is 0 Å². The number of benzene rings is 1. The second kappa shape index (κ2) is 6.15. The molecule has 2 rings (SSSR count). The normalized spacial score (nSPS) is 10.1. The van der Waals surface area contributed by atoms with Gasteiger partial charge in [0.25, 0.3) is 0 Å². The molecule has 0 saturated heterocycles. The first-order valence-corrected chi connectivity index (χ1v) is 6.69. The maximum absolute atomic E-state index is 11.8. The molecule has 2 aromatic rings. The number of anilines is 1. The number of amides is 1. The highest BCUT2D eigenvalue weighted by Gasteiger charge is 2.11. The molecule has 0 unspecified atom stereocenters. The standard InChI is InChI=1S/C14H13NO3S/c16-13(8-7-10-4-3-9-19-10)15-12-6-2-1-5-11(12)14(17)18/h1-6,9H,7-8H2,(H,15,16)(H,17,18). The molecule has 1 heterocycles. The van der Waals surface area contributed by atoms with E-state index in [0.717, 1.165) is 4.88 Å². The first-order valence-electron chi connectivity index (χ1n) is 5.81. The Morgan fingerprint density at radius 2 is 1.95 bits per heavy atom. The quantitative estimate of drug-likeness (QED) is 0.881. The summed E-state index contributed by atoms with van der Waals surface area (Å²) in [4.78, 5) is 23.9. The number of thiophene rings is 1. The molecule has 19 heavy (non-hydrogen) atoms. The van der Waals surface area contributed by atoms with Gasteiger partial charge in [-0.1, -0.05) is 18.2 Å². The van der Waals surface area contributed by atoms with Crippen molar-refractivity contribution in [1.82, 2.24) is 0 Å². The summed E-state index contributed by atoms with van der Waals surface area (Å²) in [5.41, 5.74) is 0.443. The van der Waals surface area contributed by atoms with Gasteiger partial charge < -0.3 is 10.4 Å². The summed E-state index contributed by atoms with van der Waals surface area (Å²) in [6, 6.07) is 10.3. The van der Waals surface area contributed by atoms with Crippen molar-refractivity contribution in [2.75, 3.05) is 5.32 Å². The number of carboxylic acid groups (broad SMARTS) is 1. The van der Waals surface area contributed by atoms with E-state index >= 15 is 0 Å². The van der Waals surface area contributed by atoms with Crippen molar-refractivity contribution in [3.8, 4) is 0 Å². The molecule has 0 fully saturated rings. The average molecular weight is 275 g/mol. The Labute approximate surface area is 114 Å². The first-order chi connectivity index (χ1) is 9.16. The van der Waals surface area contributed by atoms with E-state index in [9.17, 15) is 9.59 Å². The van der Waals surface area contributed by atoms with Crippen molar-refractivity contribution < 1.29 is 14.7 Å². The fraction of sp³-hybridized carbons (Fsp3) is 0.143. The highest BCUT2D eigenvalue weighted by molar-refractivity contribution is 7.09. The highest BCUT2D eigenvalue weighted by atomic mass is 32.1. The Morgan fingerprint density at radius 1 is 1.16 bits per heavy atom. The molecule has 2 N–H and O–H groups in total. The van der Waals surface area contributed by atoms with E-state index < -0.39 is 5.97 Å². The van der Waals surface area contributed by atoms with Gasteiger partial charge in [-0.05, 0) is 30.0 Å². The van der Waals surface area contributed by atoms with E-state index in [1.807, 2.05) is 17.5 Å². The summed E-state index contributed by atoms with van der Waals surface area (Å²) in [6.07, 6.45) is 1.01. The minimum Gasteiger partial charge on any atom is -0.478 e. The molecule has 0 aliphatic carbocycles. The molecule has 0 radical (unpaired) electrons. The van der Waals surface area contributed by atoms with Gasteiger partial charge in [-0.15, -0.1) is 11.3 Å². The largest absolute Gasteiger partial charge is 0.478 e. The number of rotatable bonds is 5. The van der Waals surface area contributed by atoms with Crippen LogP contribution < -0.4 is 5.32 Å². The number of carbonyl (C=O) groups is 2. The number of para-hydroxylation sites is 1. The van der Waals surface area contributed by atoms with Gasteiger partial charge in [-0.2, -0.15) is 0 Å². The number of aryl methyl sites for hydroxylation is 1. The zero-order valence-electron chi connectivity index (χ0n) is 10.1. The lowest BCUT2D eigenvalue weighted by Crippen LogP contribution is -2.14. The van der Waals surface area contributed by atoms with Gasteiger partial charge in [0.15, 0.2) is 0 Å². The minimum absolute atomic E-state index is 0.104. The Hall–Kier alpha value is -2.14. The van der Waals surface area contributed by atoms with Crippen molar-refractivity contribution in [2.24, 2.45) is 0 Å². The zero-order chi connectivity index (χ0) is 13.7. The number of hydrogen-bond acceptors (Lipinski definition) is 3. The Kier molecular flexibility index (Phi) is 4.30. The van der Waals surface area contributed by atoms with E-state index in [1.165, 1.54) is 6.07 Å². The molecular formula is C14H13NO3S. The number of carbonyl (C=O) groups excluding carboxylic acids is 1. The average Bonchev–Trinajstić information content (AvgIpc) is 2.90. The van der Waals surface area contributed by atoms with Crippen LogP contribution in [0.25, 0.3) is 0 Å². The van der Waals surface area contributed by atoms with Crippen molar-refractivity contribution in [2.45, 2.75) is 12.8 Å². The molecular weight excluding hydrogens is 262 g/mol. The first kappa shape index (κ1) is 13.3. The molecule has 5 heteroatoms. The third kappa shape index (κ3) is 3.66. The number of carboxylic acids is 1. The molecule has 1 amide bonds. The summed E-state index contributed by atoms with van der Waals surface area (Å²) in [5.74, 6) is -1.23. The fourth-order valence-electron chi connectivity index (χ4n) is 1.68. The van der Waals surface area contributed by atoms with Crippen LogP contribution in [0.3, 0.4) is 0 Å². The smallest absolute Gasteiger partial charge is 0.337 e. The van der Waals surface area contributed by atoms with Crippen molar-refractivity contribution in [3.05, 3.63) is 52.2 Å². The van der Waals surface area contributed by atoms with Gasteiger partial charge in [0, 0.05) is 11.3 Å². The van der Waals surface area contributed by atoms with E-state index in [-0.39, 0.29) is 11.5 Å². The number of aromatic carboxylic acids is 1. The number of nitrogens with one attached hydrogen (secondary N) is 1. The van der Waals surface area contributed by atoms with Crippen molar-refractivity contribution >= 4 is 28.9 Å². The Bertz CT molecular complexity index is 578. The van der Waals surface area contributed by atoms with Gasteiger partial charge >= 0.3 is 5.97 Å². The van der Waals surface area contributed by atoms with Crippen LogP contribution in [0.15, 0.2) is 41.8 Å². The molecule has 0 aliphatic heterocycles. The second-order valence-electron chi connectivity index (χ2n) is 3.98. The molecule has 0 atom stereocenters. The Balaban J connectivity index is 1.97. The Morgan fingerprint density at radius 3 is 2.63 bits per heavy atom. The summed E-state index contributed by atoms with van der Waals surface area (Å²) < 4.78 is 0. The van der Waals surface area contributed by atoms with Crippen molar-refractivity contribution in [3.63, 3.8) is 0 Å². The highest BCUT2D eigenvalue weighted by Crippen LogP contribution is 2.16. The fourth-order valence-corrected chi connectivity index (χ4v) is 2.39. The zero-order valence-corrected chi connectivity index (χ0v) is 10.9. The topological polar surface area (TPSA) is 66.4 Å². The van der Waals surface area contributed by atoms with E-state index in [4.69, 9.17) is 5.11 Å². The monoisotopic (exact) mass is 275 g/mol. The van der Waals surface area contributed by atoms with E-state index in [1.54, 1.807) is 29.5 Å². The SMILES string of the molecule is O=C(CCc1cccs1)Nc1ccccc1C(=O)O. The van der Waals surface area contributed by atoms with Crippen LogP contribution >= 0.6 is 11.3 Å². The van der Waals surface area contributed by atoms with Crippen LogP contribution in [0.5, 0.6) is 0 Å². The second-order valence-corrected chi connectivity index (χ2v) is 5.01. The third-order valence-corrected chi connectivity index (χ3v) is 3.55. The molecule has 0 saturated carbocycles. The van der Waals surface area contributed by atoms with Crippen LogP contribution in [-0.2, 0) is 11.2 Å². The van der Waals surface area contributed by atoms with Gasteiger partial charge in [0.2, 0.25) is 5.91 Å². The van der Waals surface area contributed by atoms with Gasteiger partial charge in [-0.3, -0.25) is 4.79 Å². The van der Waals surface area contributed by atoms with Gasteiger partial charge in [0.05, 0.1) is 11.3 Å². The molecule has 0 spiro atoms. The predicted molar refractivity (Wildman–Crippen MR) is 74.7 cm³/mol. The van der Waals surface area contributed by atoms with Crippen LogP contribution in [-0.4, -0.2) is 17.0 Å². The molecule has 1 aromatic carbocycles. The lowest BCUT2D eigenvalue weighted by atomic mass is 10.1. The van der Waals surface area contributed by atoms with Crippen LogP contribution in [0, 0.1) is 0 Å². The van der Waals surface area contributed by atoms with Gasteiger partial charge in [-0.25, -0.2) is 4.79 Å². The van der Waals surface area contributed by atoms with Crippen LogP contribution in [0.1, 0.15) is 21.7 Å². The maximum atomic E-state index is 11.8. The van der Waals surface area contributed by atoms with E-state index in [0.29, 0.717) is 18.5 Å². The summed E-state index contributed by atoms with van der Waals surface area (Å²) in [7, 11) is 0. The lowest BCUT2D eigenvalue weighted by molar-refractivity contribution is -0.116. The molecule has 98 valence electrons. The maximum Gasteiger partial charge on any atom is 0.337 e. The molecule has 0 bridgehead atoms. The summed E-state index contributed by atoms with van der Waals surface area (Å²) in [6.45, 7) is 0. The predicted octanol–water partition coefficient (Wildman–Crippen LogP) is 3.02. The third-order valence-electron chi connectivity index (χ3n) is 2.61. The van der Waals surface area contributed by atoms with Gasteiger partial charge in [0.1, 0.15) is 0 Å². The van der Waals surface area contributed by atoms with Crippen LogP contribution in [0.2, 0.25) is 0 Å². The molecule has 0 aliphatic rings. The van der Waals surface area contributed by atoms with Crippen LogP contribution in [0.4, 0.5) is 5.69 Å². The summed E-state index contributed by atoms with van der Waals surface area (Å²) >= 11 is 1.61. The lowest BCUT2D eigenvalue weighted by Gasteiger charge is -2.07. The molecule has 4 nitrogen and oxygen atoms in total.